The van der Waals surface area contributed by atoms with Crippen LogP contribution in [-0.2, 0) is 4.79 Å². The second-order valence-corrected chi connectivity index (χ2v) is 9.23. The van der Waals surface area contributed by atoms with E-state index < -0.39 is 0 Å². The van der Waals surface area contributed by atoms with E-state index in [9.17, 15) is 4.79 Å². The Bertz CT molecular complexity index is 826. The number of nitrogens with one attached hydrogen (secondary N) is 1. The number of hydrogen-bond donors (Lipinski definition) is 1. The molecular weight excluding hydrogens is 356 g/mol. The molecule has 2 aromatic rings. The zero-order chi connectivity index (χ0) is 19.7. The Balaban J connectivity index is 1.34. The van der Waals surface area contributed by atoms with Gasteiger partial charge in [-0.1, -0.05) is 73.5 Å². The summed E-state index contributed by atoms with van der Waals surface area (Å²) in [7, 11) is 0. The van der Waals surface area contributed by atoms with Gasteiger partial charge in [-0.05, 0) is 55.8 Å². The van der Waals surface area contributed by atoms with Crippen LogP contribution in [0.1, 0.15) is 61.5 Å². The van der Waals surface area contributed by atoms with Gasteiger partial charge in [-0.15, -0.1) is 0 Å². The topological polar surface area (TPSA) is 32.3 Å². The zero-order valence-electron chi connectivity index (χ0n) is 17.2. The molecule has 1 N–H and O–H groups in total. The average molecular weight is 389 g/mol. The Morgan fingerprint density at radius 2 is 1.45 bits per heavy atom. The molecule has 2 aromatic carbocycles. The highest BCUT2D eigenvalue weighted by molar-refractivity contribution is 5.86. The van der Waals surface area contributed by atoms with Crippen molar-refractivity contribution in [3.63, 3.8) is 0 Å². The number of piperidine rings is 1. The van der Waals surface area contributed by atoms with Crippen LogP contribution in [0.4, 0.5) is 0 Å². The molecule has 5 rings (SSSR count). The lowest BCUT2D eigenvalue weighted by Gasteiger charge is -2.47. The Hall–Kier alpha value is -2.13. The highest BCUT2D eigenvalue weighted by Crippen LogP contribution is 2.49. The van der Waals surface area contributed by atoms with Gasteiger partial charge in [0.15, 0.2) is 0 Å². The molecular formula is C26H32N2O. The minimum absolute atomic E-state index is 0.214. The van der Waals surface area contributed by atoms with Crippen LogP contribution in [0, 0.1) is 5.41 Å². The number of rotatable bonds is 3. The van der Waals surface area contributed by atoms with E-state index in [1.54, 1.807) is 0 Å². The average Bonchev–Trinajstić information content (AvgIpc) is 3.11. The van der Waals surface area contributed by atoms with E-state index in [1.165, 1.54) is 36.8 Å². The van der Waals surface area contributed by atoms with E-state index in [2.05, 4.69) is 70.9 Å². The van der Waals surface area contributed by atoms with Gasteiger partial charge in [0, 0.05) is 18.5 Å². The van der Waals surface area contributed by atoms with Gasteiger partial charge in [0.1, 0.15) is 0 Å². The first-order chi connectivity index (χ1) is 14.3. The van der Waals surface area contributed by atoms with E-state index >= 15 is 0 Å². The third-order valence-electron chi connectivity index (χ3n) is 7.90. The maximum absolute atomic E-state index is 13.0. The zero-order valence-corrected chi connectivity index (χ0v) is 17.2. The van der Waals surface area contributed by atoms with Crippen molar-refractivity contribution in [2.45, 2.75) is 56.4 Å². The molecule has 3 fully saturated rings. The van der Waals surface area contributed by atoms with Crippen LogP contribution in [0.2, 0.25) is 0 Å². The fourth-order valence-corrected chi connectivity index (χ4v) is 6.31. The second-order valence-electron chi connectivity index (χ2n) is 9.23. The summed E-state index contributed by atoms with van der Waals surface area (Å²) in [5.74, 6) is 1.24. The van der Waals surface area contributed by atoms with Gasteiger partial charge in [0.2, 0.25) is 5.91 Å². The van der Waals surface area contributed by atoms with Crippen LogP contribution < -0.4 is 5.32 Å². The van der Waals surface area contributed by atoms with Gasteiger partial charge in [-0.2, -0.15) is 0 Å². The molecule has 3 atom stereocenters. The second kappa shape index (κ2) is 7.95. The number of carbonyl (C=O) groups is 1. The quantitative estimate of drug-likeness (QED) is 0.826. The molecule has 29 heavy (non-hydrogen) atoms. The summed E-state index contributed by atoms with van der Waals surface area (Å²) >= 11 is 0. The minimum Gasteiger partial charge on any atom is -0.355 e. The lowest BCUT2D eigenvalue weighted by atomic mass is 9.67. The molecule has 1 spiro atoms. The minimum atomic E-state index is -0.214. The van der Waals surface area contributed by atoms with Gasteiger partial charge in [-0.25, -0.2) is 0 Å². The Morgan fingerprint density at radius 3 is 2.14 bits per heavy atom. The third-order valence-corrected chi connectivity index (χ3v) is 7.90. The van der Waals surface area contributed by atoms with Crippen molar-refractivity contribution in [1.82, 2.24) is 10.2 Å². The smallest absolute Gasteiger partial charge is 0.227 e. The maximum atomic E-state index is 13.0. The predicted octanol–water partition coefficient (Wildman–Crippen LogP) is 4.71. The normalized spacial score (nSPS) is 29.7. The number of carbonyl (C=O) groups excluding carboxylic acids is 1. The summed E-state index contributed by atoms with van der Waals surface area (Å²) in [6, 6.07) is 22.4. The largest absolute Gasteiger partial charge is 0.355 e. The van der Waals surface area contributed by atoms with Crippen LogP contribution >= 0.6 is 0 Å². The van der Waals surface area contributed by atoms with Crippen LogP contribution in [0.15, 0.2) is 60.7 Å². The van der Waals surface area contributed by atoms with Crippen molar-refractivity contribution in [3.05, 3.63) is 71.8 Å². The van der Waals surface area contributed by atoms with E-state index in [0.29, 0.717) is 17.9 Å². The number of amides is 1. The van der Waals surface area contributed by atoms with E-state index in [0.717, 1.165) is 32.5 Å². The fraction of sp³-hybridized carbons (Fsp3) is 0.500. The molecule has 1 aliphatic carbocycles. The standard InChI is InChI=1S/C26H32N2O/c29-25-26(23(19-27-25)21-11-5-2-6-12-21)15-17-28(18-16-26)24-14-8-7-13-22(24)20-9-3-1-4-10-20/h1-6,9-12,22-24H,7-8,13-19H2,(H,27,29)/t22-,23-,24-/m1/s1. The molecule has 3 heteroatoms. The third kappa shape index (κ3) is 3.40. The van der Waals surface area contributed by atoms with E-state index in [-0.39, 0.29) is 11.3 Å². The number of nitrogens with zero attached hydrogens (tertiary/aromatic N) is 1. The summed E-state index contributed by atoms with van der Waals surface area (Å²) in [6.45, 7) is 2.88. The van der Waals surface area contributed by atoms with Gasteiger partial charge >= 0.3 is 0 Å². The molecule has 0 unspecified atom stereocenters. The molecule has 0 bridgehead atoms. The Kier molecular flexibility index (Phi) is 5.17. The molecule has 1 saturated carbocycles. The first kappa shape index (κ1) is 18.9. The lowest BCUT2D eigenvalue weighted by Crippen LogP contribution is -2.51. The van der Waals surface area contributed by atoms with E-state index in [1.807, 2.05) is 0 Å². The molecule has 3 nitrogen and oxygen atoms in total. The van der Waals surface area contributed by atoms with Crippen molar-refractivity contribution in [3.8, 4) is 0 Å². The molecule has 0 radical (unpaired) electrons. The SMILES string of the molecule is O=C1NC[C@H](c2ccccc2)C12CCN([C@@H]1CCCC[C@@H]1c1ccccc1)CC2. The molecule has 1 amide bonds. The summed E-state index contributed by atoms with van der Waals surface area (Å²) in [6.07, 6.45) is 7.23. The first-order valence-corrected chi connectivity index (χ1v) is 11.4. The summed E-state index contributed by atoms with van der Waals surface area (Å²) < 4.78 is 0. The monoisotopic (exact) mass is 388 g/mol. The number of benzene rings is 2. The number of hydrogen-bond acceptors (Lipinski definition) is 2. The summed E-state index contributed by atoms with van der Waals surface area (Å²) in [4.78, 5) is 15.7. The summed E-state index contributed by atoms with van der Waals surface area (Å²) in [5, 5.41) is 3.20. The van der Waals surface area contributed by atoms with Crippen molar-refractivity contribution in [2.24, 2.45) is 5.41 Å². The van der Waals surface area contributed by atoms with Crippen molar-refractivity contribution < 1.29 is 4.79 Å². The van der Waals surface area contributed by atoms with E-state index in [4.69, 9.17) is 0 Å². The molecule has 152 valence electrons. The van der Waals surface area contributed by atoms with Gasteiger partial charge < -0.3 is 5.32 Å². The van der Waals surface area contributed by atoms with Gasteiger partial charge in [0.05, 0.1) is 5.41 Å². The number of likely N-dealkylation sites (tertiary alicyclic amines) is 1. The fourth-order valence-electron chi connectivity index (χ4n) is 6.31. The Morgan fingerprint density at radius 1 is 0.828 bits per heavy atom. The van der Waals surface area contributed by atoms with Crippen LogP contribution in [0.5, 0.6) is 0 Å². The van der Waals surface area contributed by atoms with Crippen LogP contribution in [0.3, 0.4) is 0 Å². The molecule has 3 aliphatic rings. The van der Waals surface area contributed by atoms with Crippen LogP contribution in [0.25, 0.3) is 0 Å². The maximum Gasteiger partial charge on any atom is 0.227 e. The predicted molar refractivity (Wildman–Crippen MR) is 117 cm³/mol. The van der Waals surface area contributed by atoms with Gasteiger partial charge in [-0.3, -0.25) is 9.69 Å². The molecule has 2 aliphatic heterocycles. The summed E-state index contributed by atoms with van der Waals surface area (Å²) in [5.41, 5.74) is 2.60. The van der Waals surface area contributed by atoms with Gasteiger partial charge in [0.25, 0.3) is 0 Å². The highest BCUT2D eigenvalue weighted by atomic mass is 16.2. The highest BCUT2D eigenvalue weighted by Gasteiger charge is 2.52. The van der Waals surface area contributed by atoms with Crippen molar-refractivity contribution in [2.75, 3.05) is 19.6 Å². The lowest BCUT2D eigenvalue weighted by molar-refractivity contribution is -0.131. The molecule has 2 saturated heterocycles. The van der Waals surface area contributed by atoms with Crippen LogP contribution in [-0.4, -0.2) is 36.5 Å². The Labute approximate surface area is 174 Å². The molecule has 0 aromatic heterocycles. The molecule has 2 heterocycles. The first-order valence-electron chi connectivity index (χ1n) is 11.4. The van der Waals surface area contributed by atoms with Crippen molar-refractivity contribution >= 4 is 5.91 Å². The van der Waals surface area contributed by atoms with Crippen molar-refractivity contribution in [1.29, 1.82) is 0 Å².